The number of aryl methyl sites for hydroxylation is 3. The molecule has 2 N–H and O–H groups in total. The Bertz CT molecular complexity index is 560. The highest BCUT2D eigenvalue weighted by Gasteiger charge is 2.12. The van der Waals surface area contributed by atoms with E-state index in [-0.39, 0.29) is 6.04 Å². The van der Waals surface area contributed by atoms with Crippen molar-refractivity contribution in [2.24, 2.45) is 7.05 Å². The van der Waals surface area contributed by atoms with Crippen LogP contribution >= 0.6 is 0 Å². The van der Waals surface area contributed by atoms with Crippen LogP contribution in [0.15, 0.2) is 24.4 Å². The standard InChI is InChI=1S/C14H19N3O/c1-9-5-6-12(14(18)7-9)10(2)15-13-8-17(4)16-11(13)3/h5-8,10,15,18H,1-4H3. The molecule has 1 atom stereocenters. The number of nitrogens with zero attached hydrogens (tertiary/aromatic N) is 2. The minimum Gasteiger partial charge on any atom is -0.508 e. The van der Waals surface area contributed by atoms with Crippen LogP contribution in [0.2, 0.25) is 0 Å². The summed E-state index contributed by atoms with van der Waals surface area (Å²) in [5.41, 5.74) is 3.89. The van der Waals surface area contributed by atoms with Crippen molar-refractivity contribution in [2.45, 2.75) is 26.8 Å². The molecule has 0 aliphatic carbocycles. The maximum absolute atomic E-state index is 9.95. The van der Waals surface area contributed by atoms with Gasteiger partial charge in [0.05, 0.1) is 17.4 Å². The van der Waals surface area contributed by atoms with Crippen molar-refractivity contribution in [2.75, 3.05) is 5.32 Å². The van der Waals surface area contributed by atoms with Crippen molar-refractivity contribution in [3.05, 3.63) is 41.2 Å². The zero-order valence-corrected chi connectivity index (χ0v) is 11.2. The molecule has 4 heteroatoms. The number of rotatable bonds is 3. The summed E-state index contributed by atoms with van der Waals surface area (Å²) in [6, 6.07) is 5.77. The fourth-order valence-electron chi connectivity index (χ4n) is 2.07. The van der Waals surface area contributed by atoms with E-state index in [9.17, 15) is 5.11 Å². The summed E-state index contributed by atoms with van der Waals surface area (Å²) >= 11 is 0. The molecule has 0 saturated carbocycles. The fraction of sp³-hybridized carbons (Fsp3) is 0.357. The molecule has 0 aliphatic heterocycles. The lowest BCUT2D eigenvalue weighted by molar-refractivity contribution is 0.465. The van der Waals surface area contributed by atoms with Crippen LogP contribution in [0.3, 0.4) is 0 Å². The Balaban J connectivity index is 2.21. The average Bonchev–Trinajstić information content (AvgIpc) is 2.57. The monoisotopic (exact) mass is 245 g/mol. The first-order valence-corrected chi connectivity index (χ1v) is 6.03. The first-order chi connectivity index (χ1) is 8.47. The van der Waals surface area contributed by atoms with Crippen molar-refractivity contribution in [3.63, 3.8) is 0 Å². The van der Waals surface area contributed by atoms with E-state index in [1.165, 1.54) is 0 Å². The van der Waals surface area contributed by atoms with Crippen LogP contribution in [0.5, 0.6) is 5.75 Å². The summed E-state index contributed by atoms with van der Waals surface area (Å²) in [7, 11) is 1.90. The second-order valence-corrected chi connectivity index (χ2v) is 4.73. The minimum atomic E-state index is 0.0356. The van der Waals surface area contributed by atoms with Crippen LogP contribution in [0.1, 0.15) is 29.8 Å². The van der Waals surface area contributed by atoms with Gasteiger partial charge < -0.3 is 10.4 Å². The molecular weight excluding hydrogens is 226 g/mol. The molecule has 4 nitrogen and oxygen atoms in total. The SMILES string of the molecule is Cc1ccc(C(C)Nc2cn(C)nc2C)c(O)c1. The molecule has 96 valence electrons. The molecule has 0 fully saturated rings. The lowest BCUT2D eigenvalue weighted by Crippen LogP contribution is -2.07. The Labute approximate surface area is 107 Å². The van der Waals surface area contributed by atoms with Crippen LogP contribution in [0.4, 0.5) is 5.69 Å². The van der Waals surface area contributed by atoms with Gasteiger partial charge in [-0.3, -0.25) is 4.68 Å². The summed E-state index contributed by atoms with van der Waals surface area (Å²) in [6.45, 7) is 5.95. The Hall–Kier alpha value is -1.97. The topological polar surface area (TPSA) is 50.1 Å². The smallest absolute Gasteiger partial charge is 0.121 e. The number of phenols is 1. The maximum atomic E-state index is 9.95. The van der Waals surface area contributed by atoms with Crippen molar-refractivity contribution >= 4 is 5.69 Å². The Kier molecular flexibility index (Phi) is 3.28. The fourth-order valence-corrected chi connectivity index (χ4v) is 2.07. The minimum absolute atomic E-state index is 0.0356. The molecule has 2 rings (SSSR count). The highest BCUT2D eigenvalue weighted by atomic mass is 16.3. The normalized spacial score (nSPS) is 12.4. The second kappa shape index (κ2) is 4.72. The number of hydrogen-bond acceptors (Lipinski definition) is 3. The van der Waals surface area contributed by atoms with Crippen molar-refractivity contribution in [1.82, 2.24) is 9.78 Å². The van der Waals surface area contributed by atoms with Crippen molar-refractivity contribution in [3.8, 4) is 5.75 Å². The number of nitrogens with one attached hydrogen (secondary N) is 1. The molecule has 18 heavy (non-hydrogen) atoms. The van der Waals surface area contributed by atoms with E-state index in [1.807, 2.05) is 46.1 Å². The van der Waals surface area contributed by atoms with E-state index in [2.05, 4.69) is 10.4 Å². The van der Waals surface area contributed by atoms with Crippen LogP contribution in [0, 0.1) is 13.8 Å². The van der Waals surface area contributed by atoms with Crippen LogP contribution in [0.25, 0.3) is 0 Å². The highest BCUT2D eigenvalue weighted by molar-refractivity contribution is 5.49. The molecule has 0 amide bonds. The van der Waals surface area contributed by atoms with Gasteiger partial charge in [-0.25, -0.2) is 0 Å². The molecule has 0 spiro atoms. The Morgan fingerprint density at radius 3 is 2.61 bits per heavy atom. The van der Waals surface area contributed by atoms with Gasteiger partial charge in [-0.2, -0.15) is 5.10 Å². The summed E-state index contributed by atoms with van der Waals surface area (Å²) in [5.74, 6) is 0.330. The van der Waals surface area contributed by atoms with Crippen molar-refractivity contribution < 1.29 is 5.11 Å². The molecular formula is C14H19N3O. The molecule has 1 aromatic heterocycles. The van der Waals surface area contributed by atoms with Gasteiger partial charge in [0.25, 0.3) is 0 Å². The summed E-state index contributed by atoms with van der Waals surface area (Å²) in [6.07, 6.45) is 1.94. The van der Waals surface area contributed by atoms with E-state index in [0.717, 1.165) is 22.5 Å². The maximum Gasteiger partial charge on any atom is 0.121 e. The van der Waals surface area contributed by atoms with Crippen LogP contribution < -0.4 is 5.32 Å². The van der Waals surface area contributed by atoms with E-state index < -0.39 is 0 Å². The van der Waals surface area contributed by atoms with Gasteiger partial charge >= 0.3 is 0 Å². The number of hydrogen-bond donors (Lipinski definition) is 2. The summed E-state index contributed by atoms with van der Waals surface area (Å²) in [5, 5.41) is 17.6. The third kappa shape index (κ3) is 2.47. The van der Waals surface area contributed by atoms with E-state index >= 15 is 0 Å². The lowest BCUT2D eigenvalue weighted by Gasteiger charge is -2.16. The predicted octanol–water partition coefficient (Wildman–Crippen LogP) is 2.92. The molecule has 0 saturated heterocycles. The summed E-state index contributed by atoms with van der Waals surface area (Å²) < 4.78 is 1.78. The number of anilines is 1. The summed E-state index contributed by atoms with van der Waals surface area (Å²) in [4.78, 5) is 0. The average molecular weight is 245 g/mol. The largest absolute Gasteiger partial charge is 0.508 e. The first-order valence-electron chi connectivity index (χ1n) is 6.03. The molecule has 1 heterocycles. The zero-order valence-electron chi connectivity index (χ0n) is 11.2. The molecule has 1 aromatic carbocycles. The molecule has 1 unspecified atom stereocenters. The van der Waals surface area contributed by atoms with Crippen LogP contribution in [-0.2, 0) is 7.05 Å². The van der Waals surface area contributed by atoms with E-state index in [0.29, 0.717) is 5.75 Å². The number of aromatic nitrogens is 2. The van der Waals surface area contributed by atoms with Gasteiger partial charge in [-0.1, -0.05) is 12.1 Å². The Morgan fingerprint density at radius 1 is 1.33 bits per heavy atom. The number of phenolic OH excluding ortho intramolecular Hbond substituents is 1. The Morgan fingerprint density at radius 2 is 2.06 bits per heavy atom. The van der Waals surface area contributed by atoms with Gasteiger partial charge in [0.1, 0.15) is 5.75 Å². The predicted molar refractivity (Wildman–Crippen MR) is 72.8 cm³/mol. The van der Waals surface area contributed by atoms with Gasteiger partial charge in [0, 0.05) is 18.8 Å². The number of benzene rings is 1. The second-order valence-electron chi connectivity index (χ2n) is 4.73. The third-order valence-electron chi connectivity index (χ3n) is 3.04. The van der Waals surface area contributed by atoms with Gasteiger partial charge in [-0.15, -0.1) is 0 Å². The lowest BCUT2D eigenvalue weighted by atomic mass is 10.0. The first kappa shape index (κ1) is 12.5. The highest BCUT2D eigenvalue weighted by Crippen LogP contribution is 2.28. The number of aromatic hydroxyl groups is 1. The molecule has 2 aromatic rings. The molecule has 0 bridgehead atoms. The molecule has 0 aliphatic rings. The molecule has 0 radical (unpaired) electrons. The van der Waals surface area contributed by atoms with Gasteiger partial charge in [0.15, 0.2) is 0 Å². The van der Waals surface area contributed by atoms with Crippen molar-refractivity contribution in [1.29, 1.82) is 0 Å². The van der Waals surface area contributed by atoms with Gasteiger partial charge in [-0.05, 0) is 32.4 Å². The quantitative estimate of drug-likeness (QED) is 0.874. The third-order valence-corrected chi connectivity index (χ3v) is 3.04. The van der Waals surface area contributed by atoms with E-state index in [1.54, 1.807) is 10.7 Å². The zero-order chi connectivity index (χ0) is 13.3. The van der Waals surface area contributed by atoms with E-state index in [4.69, 9.17) is 0 Å². The van der Waals surface area contributed by atoms with Crippen LogP contribution in [-0.4, -0.2) is 14.9 Å². The van der Waals surface area contributed by atoms with Gasteiger partial charge in [0.2, 0.25) is 0 Å².